The fourth-order valence-electron chi connectivity index (χ4n) is 8.59. The summed E-state index contributed by atoms with van der Waals surface area (Å²) in [7, 11) is 0. The molecule has 1 aliphatic rings. The van der Waals surface area contributed by atoms with Crippen LogP contribution in [-0.4, -0.2) is 119 Å². The molecule has 2 amide bonds. The molecule has 0 bridgehead atoms. The Kier molecular flexibility index (Phi) is 19.0. The van der Waals surface area contributed by atoms with Crippen molar-refractivity contribution in [1.29, 1.82) is 0 Å². The first kappa shape index (κ1) is 54.3. The number of carbonyl (C=O) groups is 4. The summed E-state index contributed by atoms with van der Waals surface area (Å²) in [6.07, 6.45) is 6.44. The number of ether oxygens (including phenoxy) is 2. The zero-order valence-corrected chi connectivity index (χ0v) is 42.9. The number of pyridine rings is 1. The maximum Gasteiger partial charge on any atom is 0.227 e. The van der Waals surface area contributed by atoms with Gasteiger partial charge in [-0.2, -0.15) is 0 Å². The van der Waals surface area contributed by atoms with Crippen LogP contribution in [0.2, 0.25) is 0 Å². The number of aliphatic hydroxyl groups is 2. The number of anilines is 1. The van der Waals surface area contributed by atoms with Crippen LogP contribution in [-0.2, 0) is 36.9 Å². The molecule has 5 N–H and O–H groups in total. The van der Waals surface area contributed by atoms with Gasteiger partial charge in [-0.25, -0.2) is 19.6 Å². The molecule has 1 saturated heterocycles. The molecule has 3 atom stereocenters. The van der Waals surface area contributed by atoms with Crippen LogP contribution in [0.15, 0.2) is 40.6 Å². The molecule has 382 valence electrons. The van der Waals surface area contributed by atoms with Crippen LogP contribution in [0.25, 0.3) is 33.0 Å². The van der Waals surface area contributed by atoms with E-state index >= 15 is 0 Å². The van der Waals surface area contributed by atoms with Gasteiger partial charge in [-0.15, -0.1) is 11.3 Å². The molecule has 18 nitrogen and oxygen atoms in total. The van der Waals surface area contributed by atoms with Gasteiger partial charge < -0.3 is 40.2 Å². The Balaban J connectivity index is 0.857. The normalized spacial score (nSPS) is 15.4. The van der Waals surface area contributed by atoms with Crippen LogP contribution in [0.1, 0.15) is 123 Å². The lowest BCUT2D eigenvalue weighted by Gasteiger charge is -2.34. The molecule has 0 unspecified atom stereocenters. The summed E-state index contributed by atoms with van der Waals surface area (Å²) in [4.78, 5) is 69.5. The predicted octanol–water partition coefficient (Wildman–Crippen LogP) is 6.67. The first-order valence-corrected chi connectivity index (χ1v) is 25.4. The van der Waals surface area contributed by atoms with Crippen molar-refractivity contribution < 1.29 is 43.5 Å². The smallest absolute Gasteiger partial charge is 0.227 e. The number of rotatable bonds is 25. The molecule has 0 aliphatic carbocycles. The average molecular weight is 996 g/mol. The molecule has 0 saturated carbocycles. The number of hydrogen-bond donors (Lipinski definition) is 4. The number of aryl methyl sites for hydroxylation is 3. The lowest BCUT2D eigenvalue weighted by Crippen LogP contribution is -2.47. The fourth-order valence-corrected chi connectivity index (χ4v) is 9.40. The number of hydrogen-bond acceptors (Lipinski definition) is 16. The number of unbranched alkanes of at least 4 members (excludes halogenated alkanes) is 4. The van der Waals surface area contributed by atoms with E-state index in [0.29, 0.717) is 66.5 Å². The number of nitrogen functional groups attached to an aromatic ring is 1. The van der Waals surface area contributed by atoms with Crippen LogP contribution in [0, 0.1) is 30.1 Å². The lowest BCUT2D eigenvalue weighted by molar-refractivity contribution is -0.146. The number of carbonyl (C=O) groups excluding carboxylic acids is 4. The second-order valence-electron chi connectivity index (χ2n) is 19.7. The van der Waals surface area contributed by atoms with Gasteiger partial charge >= 0.3 is 0 Å². The van der Waals surface area contributed by atoms with Crippen molar-refractivity contribution in [3.63, 3.8) is 0 Å². The monoisotopic (exact) mass is 995 g/mol. The van der Waals surface area contributed by atoms with Gasteiger partial charge in [-0.1, -0.05) is 70.2 Å². The van der Waals surface area contributed by atoms with Crippen LogP contribution in [0.3, 0.4) is 0 Å². The number of likely N-dealkylation sites (tertiary alicyclic amines) is 1. The molecule has 6 rings (SSSR count). The summed E-state index contributed by atoms with van der Waals surface area (Å²) in [5.74, 6) is 5.52. The largest absolute Gasteiger partial charge is 0.490 e. The summed E-state index contributed by atoms with van der Waals surface area (Å²) in [5.41, 5.74) is 10.9. The van der Waals surface area contributed by atoms with E-state index in [1.807, 2.05) is 69.0 Å². The van der Waals surface area contributed by atoms with Gasteiger partial charge in [-0.3, -0.25) is 19.2 Å². The van der Waals surface area contributed by atoms with E-state index in [1.54, 1.807) is 31.4 Å². The van der Waals surface area contributed by atoms with Crippen molar-refractivity contribution in [1.82, 2.24) is 40.0 Å². The minimum absolute atomic E-state index is 0.00295. The molecule has 5 heterocycles. The highest BCUT2D eigenvalue weighted by Gasteiger charge is 2.44. The molecule has 5 aromatic rings. The van der Waals surface area contributed by atoms with E-state index in [9.17, 15) is 29.4 Å². The second-order valence-corrected chi connectivity index (χ2v) is 20.6. The summed E-state index contributed by atoms with van der Waals surface area (Å²) in [5, 5.41) is 31.3. The minimum Gasteiger partial charge on any atom is -0.490 e. The van der Waals surface area contributed by atoms with Crippen molar-refractivity contribution >= 4 is 51.6 Å². The van der Waals surface area contributed by atoms with Crippen LogP contribution in [0.4, 0.5) is 5.82 Å². The van der Waals surface area contributed by atoms with E-state index in [2.05, 4.69) is 37.4 Å². The number of nitrogens with one attached hydrogen (secondary N) is 1. The van der Waals surface area contributed by atoms with Gasteiger partial charge in [0.15, 0.2) is 28.9 Å². The van der Waals surface area contributed by atoms with Crippen molar-refractivity contribution in [3.8, 4) is 39.5 Å². The minimum atomic E-state index is -1.23. The fraction of sp³-hybridized carbons (Fsp3) is 0.558. The summed E-state index contributed by atoms with van der Waals surface area (Å²) < 4.78 is 18.6. The Hall–Kier alpha value is -6.07. The molecule has 71 heavy (non-hydrogen) atoms. The van der Waals surface area contributed by atoms with E-state index in [4.69, 9.17) is 24.8 Å². The number of aromatic nitrogens is 6. The third-order valence-corrected chi connectivity index (χ3v) is 13.5. The van der Waals surface area contributed by atoms with E-state index in [0.717, 1.165) is 53.8 Å². The molecule has 1 aromatic carbocycles. The highest BCUT2D eigenvalue weighted by molar-refractivity contribution is 7.13. The van der Waals surface area contributed by atoms with Crippen LogP contribution < -0.4 is 15.8 Å². The van der Waals surface area contributed by atoms with E-state index in [1.165, 1.54) is 4.90 Å². The number of nitrogens with two attached hydrogens (primary N) is 1. The maximum absolute atomic E-state index is 14.1. The molecule has 0 spiro atoms. The molecule has 0 radical (unpaired) electrons. The number of fused-ring (bicyclic) bond motifs is 1. The molecule has 1 fully saturated rings. The maximum atomic E-state index is 14.1. The topological polar surface area (TPSA) is 251 Å². The number of amides is 2. The van der Waals surface area contributed by atoms with Gasteiger partial charge in [0.05, 0.1) is 54.2 Å². The number of ketones is 2. The number of benzene rings is 1. The number of imidazole rings is 1. The zero-order valence-electron chi connectivity index (χ0n) is 42.1. The molecule has 1 aliphatic heterocycles. The summed E-state index contributed by atoms with van der Waals surface area (Å²) in [6, 6.07) is 7.35. The molecular formula is C52H69N9O9S. The third-order valence-electron chi connectivity index (χ3n) is 12.5. The Morgan fingerprint density at radius 3 is 2.41 bits per heavy atom. The van der Waals surface area contributed by atoms with E-state index < -0.39 is 29.1 Å². The second kappa shape index (κ2) is 24.9. The summed E-state index contributed by atoms with van der Waals surface area (Å²) >= 11 is 1.59. The number of Topliss-reactive ketones (excluding diaryl/α,β-unsaturated/α-hetero) is 2. The van der Waals surface area contributed by atoms with Crippen molar-refractivity contribution in [2.75, 3.05) is 38.6 Å². The number of aliphatic hydroxyl groups excluding tert-OH is 1. The zero-order chi connectivity index (χ0) is 51.3. The lowest BCUT2D eigenvalue weighted by atomic mass is 9.76. The molecule has 4 aromatic heterocycles. The Labute approximate surface area is 419 Å². The van der Waals surface area contributed by atoms with Gasteiger partial charge in [0.2, 0.25) is 11.8 Å². The predicted molar refractivity (Wildman–Crippen MR) is 270 cm³/mol. The summed E-state index contributed by atoms with van der Waals surface area (Å²) in [6.45, 7) is 14.6. The van der Waals surface area contributed by atoms with Crippen molar-refractivity contribution in [2.45, 2.75) is 143 Å². The van der Waals surface area contributed by atoms with Crippen molar-refractivity contribution in [2.24, 2.45) is 11.3 Å². The van der Waals surface area contributed by atoms with Crippen molar-refractivity contribution in [3.05, 3.63) is 52.9 Å². The molecule has 19 heteroatoms. The number of thiazole rings is 1. The van der Waals surface area contributed by atoms with Gasteiger partial charge in [0, 0.05) is 57.7 Å². The van der Waals surface area contributed by atoms with Gasteiger partial charge in [0.25, 0.3) is 0 Å². The van der Waals surface area contributed by atoms with Gasteiger partial charge in [-0.05, 0) is 79.7 Å². The average Bonchev–Trinajstić information content (AvgIpc) is 4.14. The first-order valence-electron chi connectivity index (χ1n) is 24.6. The van der Waals surface area contributed by atoms with E-state index in [-0.39, 0.29) is 74.6 Å². The standard InChI is InChI=1S/C52H69N9O9S/c1-8-60-46-42(30-55-39(21-23-52(6,7)67)44(46)57-49(60)45-48(53)59-70-58-45)69-25-13-11-9-10-12-14-43(65)54-24-27-68-26-22-36(62)28-38(51(3,4)5)50(66)61-31-37(63)29-40(61)41(64)20-17-34-15-18-35(19-16-34)47-33(2)56-32-71-47/h15-16,18-19,30,32,37-38,40,63,67H,8-14,17,20,22,24-29,31H2,1-7H3,(H2,53,59)(H,54,65)/t37-,38-,40+/m1/s1. The van der Waals surface area contributed by atoms with Crippen LogP contribution in [0.5, 0.6) is 5.75 Å². The quantitative estimate of drug-likeness (QED) is 0.0352. The Morgan fingerprint density at radius 1 is 0.986 bits per heavy atom. The first-order chi connectivity index (χ1) is 33.8. The Morgan fingerprint density at radius 2 is 1.73 bits per heavy atom. The third kappa shape index (κ3) is 15.0. The van der Waals surface area contributed by atoms with Crippen LogP contribution >= 0.6 is 11.3 Å². The Bertz CT molecular complexity index is 2670. The SMILES string of the molecule is CCn1c(-c2nonc2N)nc2c(C#CC(C)(C)O)ncc(OCCCCCCCC(=O)NCCOCCC(=O)C[C@H](C(=O)N3C[C@H](O)C[C@H]3C(=O)CCc3ccc(-c4scnc4C)cc3)C(C)(C)C)c21. The number of nitrogens with zero attached hydrogens (tertiary/aromatic N) is 7. The highest BCUT2D eigenvalue weighted by atomic mass is 32.1. The molecular weight excluding hydrogens is 927 g/mol. The van der Waals surface area contributed by atoms with Gasteiger partial charge in [0.1, 0.15) is 28.1 Å². The number of β-amino-alcohol motifs (C(OH)–C–C–N with tert-alkyl or cyclic N) is 1. The highest BCUT2D eigenvalue weighted by Crippen LogP contribution is 2.36.